The Morgan fingerprint density at radius 2 is 2.00 bits per heavy atom. The van der Waals surface area contributed by atoms with Gasteiger partial charge in [-0.25, -0.2) is 4.79 Å². The highest BCUT2D eigenvalue weighted by Gasteiger charge is 2.20. The molecular weight excluding hydrogens is 249 g/mol. The predicted octanol–water partition coefficient (Wildman–Crippen LogP) is 1.48. The standard InChI is InChI=1S/C10H12FNO4S/c1-6-8(10(13)16-3)4-7(17(11,14)15)5-9(6)12-2/h4-5,12H,1-3H3. The molecule has 0 aliphatic heterocycles. The van der Waals surface area contributed by atoms with Crippen molar-refractivity contribution in [2.75, 3.05) is 19.5 Å². The highest BCUT2D eigenvalue weighted by Crippen LogP contribution is 2.25. The third-order valence-electron chi connectivity index (χ3n) is 2.34. The molecule has 0 saturated heterocycles. The molecule has 0 aromatic heterocycles. The molecule has 1 aromatic carbocycles. The minimum absolute atomic E-state index is 0.00979. The van der Waals surface area contributed by atoms with Crippen LogP contribution in [0.15, 0.2) is 17.0 Å². The summed E-state index contributed by atoms with van der Waals surface area (Å²) in [5.74, 6) is -0.718. The molecule has 94 valence electrons. The minimum atomic E-state index is -4.86. The Morgan fingerprint density at radius 1 is 1.41 bits per heavy atom. The number of carbonyl (C=O) groups is 1. The fraction of sp³-hybridized carbons (Fsp3) is 0.300. The van der Waals surface area contributed by atoms with Gasteiger partial charge in [-0.3, -0.25) is 0 Å². The zero-order chi connectivity index (χ0) is 13.2. The molecule has 0 amide bonds. The third-order valence-corrected chi connectivity index (χ3v) is 3.14. The van der Waals surface area contributed by atoms with Gasteiger partial charge in [0, 0.05) is 12.7 Å². The number of benzene rings is 1. The number of anilines is 1. The van der Waals surface area contributed by atoms with Crippen molar-refractivity contribution in [3.63, 3.8) is 0 Å². The highest BCUT2D eigenvalue weighted by molar-refractivity contribution is 7.86. The highest BCUT2D eigenvalue weighted by atomic mass is 32.3. The minimum Gasteiger partial charge on any atom is -0.465 e. The van der Waals surface area contributed by atoms with E-state index in [0.717, 1.165) is 19.2 Å². The summed E-state index contributed by atoms with van der Waals surface area (Å²) in [4.78, 5) is 10.8. The Labute approximate surface area is 98.8 Å². The smallest absolute Gasteiger partial charge is 0.338 e. The molecule has 1 rings (SSSR count). The Morgan fingerprint density at radius 3 is 2.41 bits per heavy atom. The Kier molecular flexibility index (Phi) is 3.72. The van der Waals surface area contributed by atoms with Crippen molar-refractivity contribution < 1.29 is 21.8 Å². The Balaban J connectivity index is 3.55. The third kappa shape index (κ3) is 2.73. The van der Waals surface area contributed by atoms with Gasteiger partial charge in [0.05, 0.1) is 12.7 Å². The Hall–Kier alpha value is -1.63. The number of rotatable bonds is 3. The molecule has 0 fully saturated rings. The topological polar surface area (TPSA) is 72.5 Å². The number of carbonyl (C=O) groups excluding carboxylic acids is 1. The van der Waals surface area contributed by atoms with Crippen LogP contribution in [0.25, 0.3) is 0 Å². The van der Waals surface area contributed by atoms with E-state index in [1.165, 1.54) is 7.05 Å². The van der Waals surface area contributed by atoms with Crippen molar-refractivity contribution >= 4 is 21.9 Å². The zero-order valence-electron chi connectivity index (χ0n) is 9.57. The number of hydrogen-bond donors (Lipinski definition) is 1. The Bertz CT molecular complexity index is 554. The summed E-state index contributed by atoms with van der Waals surface area (Å²) in [5.41, 5.74) is 0.853. The lowest BCUT2D eigenvalue weighted by atomic mass is 10.1. The maximum atomic E-state index is 12.9. The second-order valence-electron chi connectivity index (χ2n) is 3.32. The number of halogens is 1. The van der Waals surface area contributed by atoms with E-state index in [1.807, 2.05) is 0 Å². The van der Waals surface area contributed by atoms with Crippen LogP contribution in [0.3, 0.4) is 0 Å². The normalized spacial score (nSPS) is 11.1. The van der Waals surface area contributed by atoms with Crippen LogP contribution in [0.2, 0.25) is 0 Å². The van der Waals surface area contributed by atoms with Crippen molar-refractivity contribution in [1.29, 1.82) is 0 Å². The largest absolute Gasteiger partial charge is 0.465 e. The SMILES string of the molecule is CNc1cc(S(=O)(=O)F)cc(C(=O)OC)c1C. The molecule has 0 aliphatic rings. The monoisotopic (exact) mass is 261 g/mol. The van der Waals surface area contributed by atoms with E-state index >= 15 is 0 Å². The average Bonchev–Trinajstić information content (AvgIpc) is 2.26. The molecule has 1 aromatic rings. The lowest BCUT2D eigenvalue weighted by Gasteiger charge is -2.11. The molecule has 17 heavy (non-hydrogen) atoms. The maximum absolute atomic E-state index is 12.9. The summed E-state index contributed by atoms with van der Waals surface area (Å²) in [6.45, 7) is 1.60. The van der Waals surface area contributed by atoms with Crippen LogP contribution in [-0.2, 0) is 15.0 Å². The van der Waals surface area contributed by atoms with E-state index < -0.39 is 21.1 Å². The quantitative estimate of drug-likeness (QED) is 0.659. The summed E-state index contributed by atoms with van der Waals surface area (Å²) in [5, 5.41) is 2.69. The first-order valence-electron chi connectivity index (χ1n) is 4.66. The summed E-state index contributed by atoms with van der Waals surface area (Å²) in [6, 6.07) is 2.08. The maximum Gasteiger partial charge on any atom is 0.338 e. The van der Waals surface area contributed by atoms with Gasteiger partial charge in [-0.05, 0) is 24.6 Å². The summed E-state index contributed by atoms with van der Waals surface area (Å²) >= 11 is 0. The number of ether oxygens (including phenoxy) is 1. The van der Waals surface area contributed by atoms with Crippen LogP contribution in [0.4, 0.5) is 9.57 Å². The summed E-state index contributed by atoms with van der Waals surface area (Å²) in [7, 11) is -2.16. The van der Waals surface area contributed by atoms with Crippen molar-refractivity contribution in [3.8, 4) is 0 Å². The van der Waals surface area contributed by atoms with E-state index in [-0.39, 0.29) is 5.56 Å². The molecular formula is C10H12FNO4S. The van der Waals surface area contributed by atoms with Crippen LogP contribution >= 0.6 is 0 Å². The van der Waals surface area contributed by atoms with E-state index in [2.05, 4.69) is 10.1 Å². The van der Waals surface area contributed by atoms with Crippen molar-refractivity contribution in [1.82, 2.24) is 0 Å². The van der Waals surface area contributed by atoms with Crippen LogP contribution in [0, 0.1) is 6.92 Å². The molecule has 0 heterocycles. The summed E-state index contributed by atoms with van der Waals surface area (Å²) < 4.78 is 39.1. The zero-order valence-corrected chi connectivity index (χ0v) is 10.4. The number of nitrogens with one attached hydrogen (secondary N) is 1. The number of hydrogen-bond acceptors (Lipinski definition) is 5. The van der Waals surface area contributed by atoms with Gasteiger partial charge in [0.25, 0.3) is 0 Å². The molecule has 0 radical (unpaired) electrons. The first-order valence-corrected chi connectivity index (χ1v) is 6.05. The second-order valence-corrected chi connectivity index (χ2v) is 4.67. The molecule has 0 atom stereocenters. The molecule has 1 N–H and O–H groups in total. The molecule has 0 spiro atoms. The van der Waals surface area contributed by atoms with E-state index in [0.29, 0.717) is 11.3 Å². The van der Waals surface area contributed by atoms with E-state index in [1.54, 1.807) is 6.92 Å². The predicted molar refractivity (Wildman–Crippen MR) is 60.4 cm³/mol. The van der Waals surface area contributed by atoms with Crippen LogP contribution in [0.5, 0.6) is 0 Å². The number of methoxy groups -OCH3 is 1. The van der Waals surface area contributed by atoms with Gasteiger partial charge in [0.2, 0.25) is 0 Å². The lowest BCUT2D eigenvalue weighted by Crippen LogP contribution is -2.08. The molecule has 5 nitrogen and oxygen atoms in total. The van der Waals surface area contributed by atoms with Gasteiger partial charge in [0.1, 0.15) is 4.90 Å². The summed E-state index contributed by atoms with van der Waals surface area (Å²) in [6.07, 6.45) is 0. The van der Waals surface area contributed by atoms with Gasteiger partial charge in [-0.15, -0.1) is 3.89 Å². The average molecular weight is 261 g/mol. The fourth-order valence-electron chi connectivity index (χ4n) is 1.41. The molecule has 0 aliphatic carbocycles. The molecule has 0 unspecified atom stereocenters. The fourth-order valence-corrected chi connectivity index (χ4v) is 1.93. The van der Waals surface area contributed by atoms with Crippen LogP contribution < -0.4 is 5.32 Å². The van der Waals surface area contributed by atoms with E-state index in [9.17, 15) is 17.1 Å². The van der Waals surface area contributed by atoms with Gasteiger partial charge >= 0.3 is 16.2 Å². The van der Waals surface area contributed by atoms with Crippen molar-refractivity contribution in [2.45, 2.75) is 11.8 Å². The molecule has 0 bridgehead atoms. The molecule has 0 saturated carbocycles. The van der Waals surface area contributed by atoms with Gasteiger partial charge < -0.3 is 10.1 Å². The molecule has 7 heteroatoms. The first-order chi connectivity index (χ1) is 7.81. The van der Waals surface area contributed by atoms with Gasteiger partial charge in [-0.2, -0.15) is 8.42 Å². The van der Waals surface area contributed by atoms with Crippen molar-refractivity contribution in [2.24, 2.45) is 0 Å². The van der Waals surface area contributed by atoms with Crippen LogP contribution in [-0.4, -0.2) is 28.5 Å². The number of esters is 1. The first kappa shape index (κ1) is 13.4. The van der Waals surface area contributed by atoms with Gasteiger partial charge in [-0.1, -0.05) is 0 Å². The van der Waals surface area contributed by atoms with Gasteiger partial charge in [0.15, 0.2) is 0 Å². The lowest BCUT2D eigenvalue weighted by molar-refractivity contribution is 0.0599. The van der Waals surface area contributed by atoms with E-state index in [4.69, 9.17) is 0 Å². The van der Waals surface area contributed by atoms with Crippen molar-refractivity contribution in [3.05, 3.63) is 23.3 Å². The second kappa shape index (κ2) is 4.70. The van der Waals surface area contributed by atoms with Crippen LogP contribution in [0.1, 0.15) is 15.9 Å².